The minimum Gasteiger partial charge on any atom is -0.491 e. The number of ether oxygens (including phenoxy) is 5. The Morgan fingerprint density at radius 3 is 1.03 bits per heavy atom. The van der Waals surface area contributed by atoms with Crippen LogP contribution in [0.4, 0.5) is 29.7 Å². The Bertz CT molecular complexity index is 6960. The number of H-pyrrole nitrogens is 2. The van der Waals surface area contributed by atoms with Gasteiger partial charge in [-0.25, -0.2) is 49.8 Å². The van der Waals surface area contributed by atoms with Gasteiger partial charge in [0.2, 0.25) is 29.7 Å². The summed E-state index contributed by atoms with van der Waals surface area (Å²) >= 11 is 67.7. The number of carbonyl (C=O) groups excluding carboxylic acids is 3. The van der Waals surface area contributed by atoms with E-state index in [4.69, 9.17) is 168 Å². The number of benzene rings is 5. The number of nitrogen functional groups attached to an aromatic ring is 5. The van der Waals surface area contributed by atoms with Crippen molar-refractivity contribution in [1.82, 2.24) is 80.7 Å². The van der Waals surface area contributed by atoms with Gasteiger partial charge in [-0.3, -0.25) is 14.4 Å². The summed E-state index contributed by atoms with van der Waals surface area (Å²) < 4.78 is 28.2. The number of hydrogen-bond acceptors (Lipinski definition) is 27. The highest BCUT2D eigenvalue weighted by Crippen LogP contribution is 2.53. The number of amides is 3. The lowest BCUT2D eigenvalue weighted by molar-refractivity contribution is 0.0947. The van der Waals surface area contributed by atoms with Crippen LogP contribution in [0.2, 0.25) is 50.2 Å². The molecule has 670 valence electrons. The summed E-state index contributed by atoms with van der Waals surface area (Å²) in [6.07, 6.45) is 13.1. The van der Waals surface area contributed by atoms with Gasteiger partial charge < -0.3 is 83.2 Å². The molecule has 0 saturated carbocycles. The van der Waals surface area contributed by atoms with Crippen LogP contribution in [-0.4, -0.2) is 155 Å². The van der Waals surface area contributed by atoms with Crippen molar-refractivity contribution >= 4 is 256 Å². The number of fused-ring (bicyclic) bond motifs is 10. The number of carbonyl (C=O) groups is 3. The lowest BCUT2D eigenvalue weighted by atomic mass is 10.00. The van der Waals surface area contributed by atoms with Crippen LogP contribution in [0.1, 0.15) is 107 Å². The van der Waals surface area contributed by atoms with Gasteiger partial charge in [-0.2, -0.15) is 0 Å². The van der Waals surface area contributed by atoms with Gasteiger partial charge in [0.25, 0.3) is 17.7 Å². The minimum absolute atomic E-state index is 0.123. The topological polar surface area (TPSA) is 427 Å². The fourth-order valence-electron chi connectivity index (χ4n) is 16.3. The maximum Gasteiger partial charge on any atom is 0.261 e. The van der Waals surface area contributed by atoms with Gasteiger partial charge in [0.15, 0.2) is 0 Å². The molecule has 10 aromatic heterocycles. The largest absolute Gasteiger partial charge is 0.491 e. The van der Waals surface area contributed by atoms with Crippen LogP contribution in [0.25, 0.3) is 115 Å². The highest BCUT2D eigenvalue weighted by molar-refractivity contribution is 7.21. The normalized spacial score (nSPS) is 13.7. The maximum absolute atomic E-state index is 12.8. The number of likely N-dealkylation sites (tertiary alicyclic amines) is 1. The Hall–Kier alpha value is -10.5. The second-order valence-corrected chi connectivity index (χ2v) is 37.6. The molecule has 0 radical (unpaired) electrons. The van der Waals surface area contributed by atoms with E-state index in [1.807, 2.05) is 39.2 Å². The molecule has 0 bridgehead atoms. The molecule has 1 fully saturated rings. The lowest BCUT2D eigenvalue weighted by Gasteiger charge is -2.14. The second-order valence-electron chi connectivity index (χ2n) is 30.4. The number of hydrogen-bond donors (Lipinski definition) is 10. The Morgan fingerprint density at radius 1 is 0.408 bits per heavy atom. The molecule has 29 nitrogen and oxygen atoms in total. The van der Waals surface area contributed by atoms with Gasteiger partial charge in [-0.15, -0.1) is 34.0 Å². The summed E-state index contributed by atoms with van der Waals surface area (Å²) in [5, 5.41) is 15.8. The van der Waals surface area contributed by atoms with E-state index in [2.05, 4.69) is 87.2 Å². The third-order valence-corrected chi connectivity index (χ3v) is 28.0. The monoisotopic (exact) mass is 2000 g/mol. The summed E-state index contributed by atoms with van der Waals surface area (Å²) in [5.41, 5.74) is 46.0. The van der Waals surface area contributed by atoms with Crippen molar-refractivity contribution in [2.45, 2.75) is 78.6 Å². The van der Waals surface area contributed by atoms with Crippen LogP contribution in [0.5, 0.6) is 28.7 Å². The van der Waals surface area contributed by atoms with Gasteiger partial charge in [0, 0.05) is 148 Å². The van der Waals surface area contributed by atoms with Crippen LogP contribution >= 0.6 is 150 Å². The number of thiophene rings is 3. The molecule has 5 aromatic carbocycles. The highest BCUT2D eigenvalue weighted by atomic mass is 35.5. The average molecular weight is 2010 g/mol. The van der Waals surface area contributed by atoms with Crippen molar-refractivity contribution in [2.75, 3.05) is 101 Å². The zero-order valence-electron chi connectivity index (χ0n) is 69.3. The summed E-state index contributed by atoms with van der Waals surface area (Å²) in [5.74, 6) is 3.57. The molecular weight excluding hydrogens is 1930 g/mol. The first-order valence-corrected chi connectivity index (χ1v) is 47.2. The van der Waals surface area contributed by atoms with Crippen LogP contribution in [0, 0.1) is 6.92 Å². The first-order chi connectivity index (χ1) is 62.6. The quantitative estimate of drug-likeness (QED) is 0.0429. The zero-order valence-corrected chi connectivity index (χ0v) is 79.3. The molecule has 16 heterocycles. The molecule has 1 saturated heterocycles. The number of aromatic amines is 2. The van der Waals surface area contributed by atoms with E-state index in [0.29, 0.717) is 220 Å². The van der Waals surface area contributed by atoms with Gasteiger partial charge in [-0.1, -0.05) is 143 Å². The smallest absolute Gasteiger partial charge is 0.261 e. The highest BCUT2D eigenvalue weighted by Gasteiger charge is 2.34. The van der Waals surface area contributed by atoms with E-state index in [9.17, 15) is 14.4 Å². The molecule has 42 heteroatoms. The number of rotatable bonds is 16. The van der Waals surface area contributed by atoms with Crippen LogP contribution < -0.4 is 68.3 Å². The second kappa shape index (κ2) is 38.7. The predicted octanol–water partition coefficient (Wildman–Crippen LogP) is 20.5. The summed E-state index contributed by atoms with van der Waals surface area (Å²) in [7, 11) is 0. The minimum atomic E-state index is -0.139. The Balaban J connectivity index is 0.000000114. The number of anilines is 5. The van der Waals surface area contributed by atoms with Crippen LogP contribution in [0.3, 0.4) is 0 Å². The van der Waals surface area contributed by atoms with Crippen molar-refractivity contribution < 1.29 is 38.1 Å². The van der Waals surface area contributed by atoms with E-state index < -0.39 is 0 Å². The Kier molecular flexibility index (Phi) is 27.2. The molecule has 0 aliphatic carbocycles. The summed E-state index contributed by atoms with van der Waals surface area (Å²) in [6.45, 7) is 17.4. The molecule has 130 heavy (non-hydrogen) atoms. The molecular formula is C88H77Cl10N21O8S3. The summed E-state index contributed by atoms with van der Waals surface area (Å²) in [6, 6.07) is 13.7. The van der Waals surface area contributed by atoms with E-state index >= 15 is 0 Å². The molecule has 0 atom stereocenters. The third kappa shape index (κ3) is 18.1. The molecule has 6 aliphatic heterocycles. The van der Waals surface area contributed by atoms with E-state index in [1.54, 1.807) is 48.5 Å². The zero-order chi connectivity index (χ0) is 91.4. The molecule has 15 aromatic rings. The maximum atomic E-state index is 12.8. The van der Waals surface area contributed by atoms with Gasteiger partial charge >= 0.3 is 0 Å². The molecule has 3 amide bonds. The van der Waals surface area contributed by atoms with Crippen LogP contribution in [-0.2, 0) is 32.1 Å². The number of nitrogens with two attached hydrogens (primary N) is 5. The first kappa shape index (κ1) is 91.4. The standard InChI is InChI=1S/C21H21Cl2N5O2S.2C18H16Cl2N4O2S.C16H12Cl2N4O.C15H12Cl2N4O/c22-13-10-14(23)18-11(3-8-30-18)16(13)17-12-9-15(31-20(12)27-21(24)26-17)19(29)25-4-7-28-5-1-2-6-28;2*1-2-4-22-16(25)12-6-9-14(23-18(21)24-17(9)27-12)13-8-3-5-26-15(8)11(20)7-10(13)19;1-2-7-6-20-14-12(7)21-16(19)22-13(14)11-8-3-4-23-15(8)10(18)5-9(11)17;1-6-5-19-13-11(6)20-15(18)21-12(13)10-7-2-3-22-14(7)9(17)4-8(10)16/h9-10H,1-8H2,(H,25,29)(H2,24,26,27);2*6-7H,2-5H2,1H3,(H,22,25)(H2,21,23,24);2,5-6,20H,1,3-4H2,(H2,19,21,22);4-5,19H,2-3H2,1H3,(H2,18,20,21). The van der Waals surface area contributed by atoms with Crippen LogP contribution in [0.15, 0.2) is 67.5 Å². The number of aromatic nitrogens is 12. The molecule has 15 N–H and O–H groups in total. The molecule has 0 spiro atoms. The average Bonchev–Trinajstić information content (AvgIpc) is 1.55. The van der Waals surface area contributed by atoms with Gasteiger partial charge in [0.1, 0.15) is 60.1 Å². The van der Waals surface area contributed by atoms with E-state index in [1.165, 1.54) is 46.9 Å². The molecule has 6 aliphatic rings. The van der Waals surface area contributed by atoms with Crippen molar-refractivity contribution in [3.63, 3.8) is 0 Å². The fraction of sp³-hybridized carbons (Fsp3) is 0.261. The first-order valence-electron chi connectivity index (χ1n) is 41.0. The number of nitrogens with one attached hydrogen (secondary N) is 5. The molecule has 0 unspecified atom stereocenters. The predicted molar refractivity (Wildman–Crippen MR) is 523 cm³/mol. The Labute approximate surface area is 804 Å². The van der Waals surface area contributed by atoms with Gasteiger partial charge in [0.05, 0.1) is 132 Å². The Morgan fingerprint density at radius 2 is 0.700 bits per heavy atom. The summed E-state index contributed by atoms with van der Waals surface area (Å²) in [4.78, 5) is 93.5. The number of aryl methyl sites for hydroxylation is 1. The van der Waals surface area contributed by atoms with Crippen molar-refractivity contribution in [3.05, 3.63) is 171 Å². The lowest BCUT2D eigenvalue weighted by Crippen LogP contribution is -2.33. The van der Waals surface area contributed by atoms with E-state index in [-0.39, 0.29) is 47.5 Å². The van der Waals surface area contributed by atoms with Gasteiger partial charge in [-0.05, 0) is 99.8 Å². The number of nitrogens with zero attached hydrogens (tertiary/aromatic N) is 11. The van der Waals surface area contributed by atoms with Crippen molar-refractivity contribution in [3.8, 4) is 85.0 Å². The van der Waals surface area contributed by atoms with Crippen molar-refractivity contribution in [2.24, 2.45) is 0 Å². The fourth-order valence-corrected chi connectivity index (χ4v) is 22.4. The third-order valence-electron chi connectivity index (χ3n) is 22.0. The SMILES string of the molecule is C=Cc1c[nH]c2c(-c3c(Cl)cc(Cl)c4c3CCO4)nc(N)nc12.CCCNC(=O)c1cc2c(-c3c(Cl)cc(Cl)c4c3CCO4)nc(N)nc2s1.CCCNC(=O)c1cc2c(-c3c(Cl)cc(Cl)c4c3CCO4)nc(N)nc2s1.Cc1c[nH]c2c(-c3c(Cl)cc(Cl)c4c3CCO4)nc(N)nc12.Nc1nc(-c2c(Cl)cc(Cl)c3c2CCO3)c2cc(C(=O)NCCN3CCCC3)sc2n1. The van der Waals surface area contributed by atoms with E-state index in [0.717, 1.165) is 138 Å². The number of halogens is 10. The molecule has 21 rings (SSSR count). The van der Waals surface area contributed by atoms with Crippen molar-refractivity contribution in [1.29, 1.82) is 0 Å².